The lowest BCUT2D eigenvalue weighted by Crippen LogP contribution is -2.48. The lowest BCUT2D eigenvalue weighted by atomic mass is 9.91. The molecule has 13 heteroatoms. The summed E-state index contributed by atoms with van der Waals surface area (Å²) < 4.78 is 25.2. The maximum Gasteiger partial charge on any atom is 0.325 e. The van der Waals surface area contributed by atoms with Gasteiger partial charge in [-0.15, -0.1) is 5.10 Å². The van der Waals surface area contributed by atoms with Crippen molar-refractivity contribution in [1.29, 1.82) is 0 Å². The Morgan fingerprint density at radius 2 is 2.12 bits per heavy atom. The second-order valence-corrected chi connectivity index (χ2v) is 10.6. The van der Waals surface area contributed by atoms with Crippen LogP contribution in [0.3, 0.4) is 0 Å². The smallest absolute Gasteiger partial charge is 0.325 e. The minimum Gasteiger partial charge on any atom is -0.337 e. The molecule has 1 N–H and O–H groups in total. The molecule has 4 amide bonds. The lowest BCUT2D eigenvalue weighted by molar-refractivity contribution is -0.140. The number of hydrogen-bond acceptors (Lipinski definition) is 8. The summed E-state index contributed by atoms with van der Waals surface area (Å²) in [6.07, 6.45) is 2.40. The molecule has 2 aliphatic heterocycles. The maximum atomic E-state index is 13.3. The van der Waals surface area contributed by atoms with Crippen LogP contribution in [0.4, 0.5) is 4.79 Å². The summed E-state index contributed by atoms with van der Waals surface area (Å²) in [5, 5.41) is 13.7. The molecule has 33 heavy (non-hydrogen) atoms. The SMILES string of the molecule is CCCN(C(=O)CN1C(=O)N[C@@](C)(c2cccc(-n3cnnn3)c2)C1=O)[C@@H]1CCS(=O)(=O)C1. The van der Waals surface area contributed by atoms with Crippen LogP contribution in [0.2, 0.25) is 0 Å². The first-order valence-corrected chi connectivity index (χ1v) is 12.4. The quantitative estimate of drug-likeness (QED) is 0.544. The molecule has 2 fully saturated rings. The molecule has 2 aliphatic rings. The Kier molecular flexibility index (Phi) is 5.91. The zero-order valence-electron chi connectivity index (χ0n) is 18.3. The van der Waals surface area contributed by atoms with Gasteiger partial charge in [0, 0.05) is 12.6 Å². The predicted octanol–water partition coefficient (Wildman–Crippen LogP) is -0.145. The van der Waals surface area contributed by atoms with Crippen LogP contribution < -0.4 is 5.32 Å². The van der Waals surface area contributed by atoms with Crippen molar-refractivity contribution in [3.63, 3.8) is 0 Å². The number of benzene rings is 1. The van der Waals surface area contributed by atoms with E-state index in [2.05, 4.69) is 20.8 Å². The minimum atomic E-state index is -3.19. The van der Waals surface area contributed by atoms with E-state index in [-0.39, 0.29) is 11.5 Å². The fourth-order valence-corrected chi connectivity index (χ4v) is 6.01. The molecule has 2 aromatic rings. The number of aromatic nitrogens is 4. The highest BCUT2D eigenvalue weighted by molar-refractivity contribution is 7.91. The third-order valence-electron chi connectivity index (χ3n) is 6.04. The predicted molar refractivity (Wildman–Crippen MR) is 116 cm³/mol. The summed E-state index contributed by atoms with van der Waals surface area (Å²) in [6.45, 7) is 3.35. The Balaban J connectivity index is 1.54. The van der Waals surface area contributed by atoms with Gasteiger partial charge in [-0.1, -0.05) is 19.1 Å². The van der Waals surface area contributed by atoms with Crippen molar-refractivity contribution in [1.82, 2.24) is 35.3 Å². The first-order chi connectivity index (χ1) is 15.6. The molecule has 0 bridgehead atoms. The summed E-state index contributed by atoms with van der Waals surface area (Å²) in [5.41, 5.74) is -0.267. The van der Waals surface area contributed by atoms with Crippen LogP contribution >= 0.6 is 0 Å². The van der Waals surface area contributed by atoms with Gasteiger partial charge in [-0.05, 0) is 47.9 Å². The van der Waals surface area contributed by atoms with Crippen LogP contribution in [0, 0.1) is 0 Å². The van der Waals surface area contributed by atoms with E-state index in [1.807, 2.05) is 6.92 Å². The van der Waals surface area contributed by atoms with E-state index >= 15 is 0 Å². The number of sulfone groups is 1. The van der Waals surface area contributed by atoms with E-state index in [1.54, 1.807) is 31.2 Å². The van der Waals surface area contributed by atoms with Gasteiger partial charge in [-0.3, -0.25) is 14.5 Å². The van der Waals surface area contributed by atoms with E-state index in [1.165, 1.54) is 15.9 Å². The Hall–Kier alpha value is -3.35. The third-order valence-corrected chi connectivity index (χ3v) is 7.79. The third kappa shape index (κ3) is 4.32. The van der Waals surface area contributed by atoms with Crippen molar-refractivity contribution in [2.75, 3.05) is 24.6 Å². The van der Waals surface area contributed by atoms with Crippen LogP contribution in [0.5, 0.6) is 0 Å². The normalized spacial score (nSPS) is 24.2. The van der Waals surface area contributed by atoms with Gasteiger partial charge < -0.3 is 10.2 Å². The second-order valence-electron chi connectivity index (χ2n) is 8.40. The number of hydrogen-bond donors (Lipinski definition) is 1. The highest BCUT2D eigenvalue weighted by Crippen LogP contribution is 2.30. The molecule has 176 valence electrons. The van der Waals surface area contributed by atoms with E-state index in [0.29, 0.717) is 30.6 Å². The van der Waals surface area contributed by atoms with Gasteiger partial charge in [0.25, 0.3) is 5.91 Å². The molecule has 4 rings (SSSR count). The average Bonchev–Trinajstić information content (AvgIpc) is 3.48. The summed E-state index contributed by atoms with van der Waals surface area (Å²) in [6, 6.07) is 5.73. The average molecular weight is 476 g/mol. The molecular weight excluding hydrogens is 450 g/mol. The molecule has 0 saturated carbocycles. The van der Waals surface area contributed by atoms with E-state index in [9.17, 15) is 22.8 Å². The highest BCUT2D eigenvalue weighted by atomic mass is 32.2. The van der Waals surface area contributed by atoms with Crippen LogP contribution in [0.15, 0.2) is 30.6 Å². The number of carbonyl (C=O) groups excluding carboxylic acids is 3. The van der Waals surface area contributed by atoms with Crippen molar-refractivity contribution in [2.45, 2.75) is 38.3 Å². The van der Waals surface area contributed by atoms with Crippen molar-refractivity contribution < 1.29 is 22.8 Å². The zero-order valence-corrected chi connectivity index (χ0v) is 19.2. The summed E-state index contributed by atoms with van der Waals surface area (Å²) in [4.78, 5) is 41.5. The summed E-state index contributed by atoms with van der Waals surface area (Å²) in [5.74, 6) is -1.08. The number of imide groups is 1. The number of rotatable bonds is 7. The van der Waals surface area contributed by atoms with Crippen molar-refractivity contribution in [3.8, 4) is 5.69 Å². The molecule has 12 nitrogen and oxygen atoms in total. The Labute approximate surface area is 190 Å². The molecule has 0 spiro atoms. The monoisotopic (exact) mass is 475 g/mol. The largest absolute Gasteiger partial charge is 0.337 e. The number of amides is 4. The van der Waals surface area contributed by atoms with Crippen molar-refractivity contribution in [2.24, 2.45) is 0 Å². The standard InChI is InChI=1S/C20H25N7O5S/c1-3-8-25(16-7-9-33(31,32)12-16)17(28)11-26-18(29)20(2,22-19(26)30)14-5-4-6-15(10-14)27-13-21-23-24-27/h4-6,10,13,16H,3,7-9,11-12H2,1-2H3,(H,22,30)/t16-,20+/m1/s1. The highest BCUT2D eigenvalue weighted by Gasteiger charge is 2.50. The van der Waals surface area contributed by atoms with Crippen LogP contribution in [-0.4, -0.2) is 86.9 Å². The zero-order chi connectivity index (χ0) is 23.8. The second kappa shape index (κ2) is 8.54. The van der Waals surface area contributed by atoms with Gasteiger partial charge in [0.2, 0.25) is 5.91 Å². The van der Waals surface area contributed by atoms with Gasteiger partial charge >= 0.3 is 6.03 Å². The number of carbonyl (C=O) groups is 3. The number of tetrazole rings is 1. The fraction of sp³-hybridized carbons (Fsp3) is 0.500. The van der Waals surface area contributed by atoms with E-state index in [4.69, 9.17) is 0 Å². The Bertz CT molecular complexity index is 1180. The molecule has 1 aromatic heterocycles. The van der Waals surface area contributed by atoms with Gasteiger partial charge in [0.15, 0.2) is 9.84 Å². The lowest BCUT2D eigenvalue weighted by Gasteiger charge is -2.29. The summed E-state index contributed by atoms with van der Waals surface area (Å²) in [7, 11) is -3.19. The van der Waals surface area contributed by atoms with Gasteiger partial charge in [0.05, 0.1) is 17.2 Å². The molecule has 2 atom stereocenters. The van der Waals surface area contributed by atoms with Gasteiger partial charge in [-0.2, -0.15) is 0 Å². The van der Waals surface area contributed by atoms with E-state index in [0.717, 1.165) is 4.90 Å². The van der Waals surface area contributed by atoms with Gasteiger partial charge in [-0.25, -0.2) is 17.9 Å². The van der Waals surface area contributed by atoms with E-state index < -0.39 is 45.8 Å². The maximum absolute atomic E-state index is 13.3. The minimum absolute atomic E-state index is 0.0317. The number of urea groups is 1. The van der Waals surface area contributed by atoms with Crippen LogP contribution in [0.25, 0.3) is 5.69 Å². The molecule has 0 radical (unpaired) electrons. The molecule has 2 saturated heterocycles. The number of nitrogens with one attached hydrogen (secondary N) is 1. The molecule has 3 heterocycles. The van der Waals surface area contributed by atoms with Gasteiger partial charge in [0.1, 0.15) is 18.4 Å². The van der Waals surface area contributed by atoms with Crippen molar-refractivity contribution in [3.05, 3.63) is 36.2 Å². The Morgan fingerprint density at radius 3 is 2.76 bits per heavy atom. The van der Waals surface area contributed by atoms with Crippen LogP contribution in [-0.2, 0) is 25.0 Å². The number of nitrogens with zero attached hydrogens (tertiary/aromatic N) is 6. The van der Waals surface area contributed by atoms with Crippen LogP contribution in [0.1, 0.15) is 32.3 Å². The van der Waals surface area contributed by atoms with Crippen molar-refractivity contribution >= 4 is 27.7 Å². The molecule has 0 unspecified atom stereocenters. The Morgan fingerprint density at radius 1 is 1.33 bits per heavy atom. The molecular formula is C20H25N7O5S. The molecule has 1 aromatic carbocycles. The fourth-order valence-electron chi connectivity index (χ4n) is 4.27. The first kappa shape index (κ1) is 22.8. The summed E-state index contributed by atoms with van der Waals surface area (Å²) >= 11 is 0. The first-order valence-electron chi connectivity index (χ1n) is 10.6. The molecule has 0 aliphatic carbocycles. The topological polar surface area (TPSA) is 147 Å².